The van der Waals surface area contributed by atoms with Crippen LogP contribution >= 0.6 is 11.3 Å². The lowest BCUT2D eigenvalue weighted by atomic mass is 10.2. The maximum Gasteiger partial charge on any atom is 0.180 e. The zero-order valence-electron chi connectivity index (χ0n) is 9.60. The zero-order valence-corrected chi connectivity index (χ0v) is 10.4. The smallest absolute Gasteiger partial charge is 0.180 e. The van der Waals surface area contributed by atoms with E-state index >= 15 is 0 Å². The topological polar surface area (TPSA) is 51.4 Å². The van der Waals surface area contributed by atoms with Gasteiger partial charge in [-0.05, 0) is 12.1 Å². The van der Waals surface area contributed by atoms with Crippen LogP contribution in [-0.4, -0.2) is 18.1 Å². The van der Waals surface area contributed by atoms with E-state index in [0.29, 0.717) is 17.5 Å². The number of ether oxygens (including phenoxy) is 1. The van der Waals surface area contributed by atoms with E-state index in [0.717, 1.165) is 23.7 Å². The molecular weight excluding hydrogens is 253 g/mol. The van der Waals surface area contributed by atoms with Gasteiger partial charge in [-0.3, -0.25) is 0 Å². The number of nitrogens with two attached hydrogens (primary N) is 1. The van der Waals surface area contributed by atoms with E-state index in [1.807, 2.05) is 0 Å². The zero-order chi connectivity index (χ0) is 12.5. The second-order valence-electron chi connectivity index (χ2n) is 4.05. The molecule has 2 aromatic rings. The van der Waals surface area contributed by atoms with E-state index in [1.54, 1.807) is 12.3 Å². The number of anilines is 2. The van der Waals surface area contributed by atoms with Crippen LogP contribution in [0.25, 0.3) is 0 Å². The van der Waals surface area contributed by atoms with Crippen LogP contribution in [0.4, 0.5) is 15.2 Å². The highest BCUT2D eigenvalue weighted by molar-refractivity contribution is 7.15. The quantitative estimate of drug-likeness (QED) is 0.905. The van der Waals surface area contributed by atoms with Gasteiger partial charge in [-0.2, -0.15) is 0 Å². The van der Waals surface area contributed by atoms with Crippen molar-refractivity contribution in [2.75, 3.05) is 23.8 Å². The van der Waals surface area contributed by atoms with E-state index in [2.05, 4.69) is 9.88 Å². The molecule has 0 bridgehead atoms. The van der Waals surface area contributed by atoms with Gasteiger partial charge >= 0.3 is 0 Å². The first-order valence-corrected chi connectivity index (χ1v) is 6.41. The molecule has 94 valence electrons. The van der Waals surface area contributed by atoms with Gasteiger partial charge in [0.05, 0.1) is 18.8 Å². The average molecular weight is 265 g/mol. The van der Waals surface area contributed by atoms with Crippen LogP contribution in [0.15, 0.2) is 24.4 Å². The molecule has 0 aliphatic carbocycles. The van der Waals surface area contributed by atoms with Gasteiger partial charge in [0.25, 0.3) is 0 Å². The summed E-state index contributed by atoms with van der Waals surface area (Å²) in [5, 5.41) is 0.567. The van der Waals surface area contributed by atoms with Crippen LogP contribution in [0.1, 0.15) is 4.88 Å². The average Bonchev–Trinajstić information content (AvgIpc) is 2.75. The molecule has 0 radical (unpaired) electrons. The second kappa shape index (κ2) is 4.45. The van der Waals surface area contributed by atoms with Gasteiger partial charge in [-0.25, -0.2) is 9.37 Å². The van der Waals surface area contributed by atoms with Crippen LogP contribution in [0.3, 0.4) is 0 Å². The Bertz CT molecular complexity index is 572. The van der Waals surface area contributed by atoms with Gasteiger partial charge in [0, 0.05) is 17.1 Å². The molecule has 1 aromatic carbocycles. The number of halogens is 1. The first-order chi connectivity index (χ1) is 8.72. The fourth-order valence-electron chi connectivity index (χ4n) is 2.00. The number of thiazole rings is 1. The van der Waals surface area contributed by atoms with E-state index < -0.39 is 0 Å². The van der Waals surface area contributed by atoms with Crippen LogP contribution in [0.5, 0.6) is 5.75 Å². The van der Waals surface area contributed by atoms with E-state index in [9.17, 15) is 4.39 Å². The number of nitrogen functional groups attached to an aromatic ring is 1. The fourth-order valence-corrected chi connectivity index (χ4v) is 2.70. The number of hydrogen-bond donors (Lipinski definition) is 1. The summed E-state index contributed by atoms with van der Waals surface area (Å²) in [4.78, 5) is 7.26. The molecule has 0 saturated carbocycles. The lowest BCUT2D eigenvalue weighted by Crippen LogP contribution is -2.31. The van der Waals surface area contributed by atoms with E-state index in [-0.39, 0.29) is 5.82 Å². The highest BCUT2D eigenvalue weighted by Crippen LogP contribution is 2.33. The molecule has 0 atom stereocenters. The van der Waals surface area contributed by atoms with Gasteiger partial charge < -0.3 is 15.4 Å². The van der Waals surface area contributed by atoms with Gasteiger partial charge in [0.2, 0.25) is 0 Å². The highest BCUT2D eigenvalue weighted by Gasteiger charge is 2.19. The Labute approximate surface area is 108 Å². The largest absolute Gasteiger partial charge is 0.489 e. The molecule has 0 spiro atoms. The standard InChI is InChI=1S/C12H12FN3OS/c13-8-1-2-10-11(5-8)17-4-3-16(10)7-9-6-15-12(14)18-9/h1-2,5-6H,3-4,7H2,(H2,14,15). The molecule has 4 nitrogen and oxygen atoms in total. The Balaban J connectivity index is 1.87. The van der Waals surface area contributed by atoms with Crippen molar-refractivity contribution in [2.45, 2.75) is 6.54 Å². The van der Waals surface area contributed by atoms with Gasteiger partial charge in [-0.1, -0.05) is 0 Å². The number of aromatic nitrogens is 1. The van der Waals surface area contributed by atoms with Crippen molar-refractivity contribution in [3.8, 4) is 5.75 Å². The van der Waals surface area contributed by atoms with Crippen molar-refractivity contribution < 1.29 is 9.13 Å². The third kappa shape index (κ3) is 2.11. The molecule has 1 aliphatic heterocycles. The maximum absolute atomic E-state index is 13.1. The number of fused-ring (bicyclic) bond motifs is 1. The Morgan fingerprint density at radius 2 is 2.39 bits per heavy atom. The molecule has 3 rings (SSSR count). The summed E-state index contributed by atoms with van der Waals surface area (Å²) >= 11 is 1.47. The minimum absolute atomic E-state index is 0.280. The molecule has 6 heteroatoms. The predicted molar refractivity (Wildman–Crippen MR) is 69.5 cm³/mol. The summed E-state index contributed by atoms with van der Waals surface area (Å²) in [5.41, 5.74) is 6.52. The van der Waals surface area contributed by atoms with Gasteiger partial charge in [0.15, 0.2) is 5.13 Å². The molecular formula is C12H12FN3OS. The Hall–Kier alpha value is -1.82. The molecule has 2 heterocycles. The highest BCUT2D eigenvalue weighted by atomic mass is 32.1. The van der Waals surface area contributed by atoms with Crippen LogP contribution in [-0.2, 0) is 6.54 Å². The number of rotatable bonds is 2. The summed E-state index contributed by atoms with van der Waals surface area (Å²) in [6.45, 7) is 2.05. The van der Waals surface area contributed by atoms with Crippen LogP contribution in [0, 0.1) is 5.82 Å². The summed E-state index contributed by atoms with van der Waals surface area (Å²) in [6, 6.07) is 4.61. The van der Waals surface area contributed by atoms with Crippen molar-refractivity contribution in [3.05, 3.63) is 35.1 Å². The van der Waals surface area contributed by atoms with E-state index in [4.69, 9.17) is 10.5 Å². The molecule has 2 N–H and O–H groups in total. The molecule has 0 unspecified atom stereocenters. The first kappa shape index (κ1) is 11.3. The summed E-state index contributed by atoms with van der Waals surface area (Å²) in [5.74, 6) is 0.316. The first-order valence-electron chi connectivity index (χ1n) is 5.60. The van der Waals surface area contributed by atoms with Gasteiger partial charge in [-0.15, -0.1) is 11.3 Å². The van der Waals surface area contributed by atoms with Gasteiger partial charge in [0.1, 0.15) is 18.2 Å². The molecule has 1 aromatic heterocycles. The normalized spacial score (nSPS) is 14.2. The molecule has 0 fully saturated rings. The Morgan fingerprint density at radius 1 is 1.50 bits per heavy atom. The molecule has 18 heavy (non-hydrogen) atoms. The fraction of sp³-hybridized carbons (Fsp3) is 0.250. The third-order valence-electron chi connectivity index (χ3n) is 2.80. The molecule has 0 saturated heterocycles. The lowest BCUT2D eigenvalue weighted by Gasteiger charge is -2.30. The van der Waals surface area contributed by atoms with Crippen molar-refractivity contribution in [2.24, 2.45) is 0 Å². The minimum Gasteiger partial charge on any atom is -0.489 e. The van der Waals surface area contributed by atoms with Crippen molar-refractivity contribution in [1.29, 1.82) is 0 Å². The summed E-state index contributed by atoms with van der Waals surface area (Å²) < 4.78 is 18.6. The van der Waals surface area contributed by atoms with Crippen molar-refractivity contribution in [1.82, 2.24) is 4.98 Å². The van der Waals surface area contributed by atoms with Crippen molar-refractivity contribution in [3.63, 3.8) is 0 Å². The van der Waals surface area contributed by atoms with E-state index in [1.165, 1.54) is 23.5 Å². The Kier molecular flexibility index (Phi) is 2.79. The second-order valence-corrected chi connectivity index (χ2v) is 5.19. The predicted octanol–water partition coefficient (Wildman–Crippen LogP) is 2.26. The summed E-state index contributed by atoms with van der Waals surface area (Å²) in [7, 11) is 0. The monoisotopic (exact) mass is 265 g/mol. The molecule has 0 amide bonds. The van der Waals surface area contributed by atoms with Crippen LogP contribution < -0.4 is 15.4 Å². The number of benzene rings is 1. The molecule has 1 aliphatic rings. The third-order valence-corrected chi connectivity index (χ3v) is 3.61. The number of nitrogens with zero attached hydrogens (tertiary/aromatic N) is 2. The lowest BCUT2D eigenvalue weighted by molar-refractivity contribution is 0.305. The van der Waals surface area contributed by atoms with Crippen molar-refractivity contribution >= 4 is 22.2 Å². The minimum atomic E-state index is -0.280. The van der Waals surface area contributed by atoms with Crippen LogP contribution in [0.2, 0.25) is 0 Å². The maximum atomic E-state index is 13.1. The SMILES string of the molecule is Nc1ncc(CN2CCOc3cc(F)ccc32)s1. The number of hydrogen-bond acceptors (Lipinski definition) is 5. The summed E-state index contributed by atoms with van der Waals surface area (Å²) in [6.07, 6.45) is 1.78. The Morgan fingerprint density at radius 3 is 3.17 bits per heavy atom.